The minimum Gasteiger partial charge on any atom is -0.369 e. The average Bonchev–Trinajstić information content (AvgIpc) is 2.53. The number of guanidine groups is 1. The molecule has 1 saturated heterocycles. The Labute approximate surface area is 141 Å². The van der Waals surface area contributed by atoms with Gasteiger partial charge in [0.05, 0.1) is 0 Å². The molecule has 0 aromatic carbocycles. The largest absolute Gasteiger partial charge is 0.369 e. The number of primary amides is 1. The SMILES string of the molecule is CN=C(NCCCCN1CCC(C(N)=O)CC1)NCCC(C)C. The number of carbonyl (C=O) groups is 1. The quantitative estimate of drug-likeness (QED) is 0.338. The van der Waals surface area contributed by atoms with Gasteiger partial charge in [-0.05, 0) is 57.7 Å². The van der Waals surface area contributed by atoms with Crippen molar-refractivity contribution in [2.45, 2.75) is 46.0 Å². The van der Waals surface area contributed by atoms with E-state index >= 15 is 0 Å². The smallest absolute Gasteiger partial charge is 0.220 e. The first kappa shape index (κ1) is 19.7. The third-order valence-corrected chi connectivity index (χ3v) is 4.42. The molecule has 1 heterocycles. The van der Waals surface area contributed by atoms with Gasteiger partial charge in [-0.25, -0.2) is 0 Å². The normalized spacial score (nSPS) is 17.5. The van der Waals surface area contributed by atoms with Gasteiger partial charge in [-0.1, -0.05) is 13.8 Å². The Bertz CT molecular complexity index is 362. The van der Waals surface area contributed by atoms with Crippen LogP contribution in [0.4, 0.5) is 0 Å². The first-order valence-corrected chi connectivity index (χ1v) is 8.99. The number of rotatable bonds is 9. The number of likely N-dealkylation sites (tertiary alicyclic amines) is 1. The van der Waals surface area contributed by atoms with Crippen LogP contribution in [0.3, 0.4) is 0 Å². The average molecular weight is 326 g/mol. The molecule has 1 rings (SSSR count). The number of piperidine rings is 1. The lowest BCUT2D eigenvalue weighted by atomic mass is 9.96. The van der Waals surface area contributed by atoms with Gasteiger partial charge < -0.3 is 21.3 Å². The summed E-state index contributed by atoms with van der Waals surface area (Å²) in [5.41, 5.74) is 5.36. The van der Waals surface area contributed by atoms with Crippen molar-refractivity contribution in [2.24, 2.45) is 22.6 Å². The molecule has 23 heavy (non-hydrogen) atoms. The maximum absolute atomic E-state index is 11.1. The summed E-state index contributed by atoms with van der Waals surface area (Å²) in [6.07, 6.45) is 5.28. The number of hydrogen-bond donors (Lipinski definition) is 3. The first-order chi connectivity index (χ1) is 11.0. The zero-order chi connectivity index (χ0) is 17.1. The predicted molar refractivity (Wildman–Crippen MR) is 96.4 cm³/mol. The number of nitrogens with two attached hydrogens (primary N) is 1. The molecule has 6 heteroatoms. The van der Waals surface area contributed by atoms with Crippen molar-refractivity contribution in [2.75, 3.05) is 39.8 Å². The molecule has 0 radical (unpaired) electrons. The molecule has 0 unspecified atom stereocenters. The van der Waals surface area contributed by atoms with E-state index in [1.807, 2.05) is 7.05 Å². The number of hydrogen-bond acceptors (Lipinski definition) is 3. The Morgan fingerprint density at radius 1 is 1.22 bits per heavy atom. The second-order valence-electron chi connectivity index (χ2n) is 6.83. The second-order valence-corrected chi connectivity index (χ2v) is 6.83. The summed E-state index contributed by atoms with van der Waals surface area (Å²) < 4.78 is 0. The van der Waals surface area contributed by atoms with Gasteiger partial charge in [-0.3, -0.25) is 9.79 Å². The highest BCUT2D eigenvalue weighted by Gasteiger charge is 2.22. The molecule has 1 amide bonds. The van der Waals surface area contributed by atoms with Crippen LogP contribution in [0, 0.1) is 11.8 Å². The third kappa shape index (κ3) is 8.79. The Balaban J connectivity index is 2.03. The van der Waals surface area contributed by atoms with Gasteiger partial charge in [0.25, 0.3) is 0 Å². The summed E-state index contributed by atoms with van der Waals surface area (Å²) in [6.45, 7) is 9.46. The number of nitrogens with zero attached hydrogens (tertiary/aromatic N) is 2. The first-order valence-electron chi connectivity index (χ1n) is 8.99. The molecule has 1 aliphatic rings. The van der Waals surface area contributed by atoms with Gasteiger partial charge in [-0.2, -0.15) is 0 Å². The van der Waals surface area contributed by atoms with Gasteiger partial charge in [0, 0.05) is 26.1 Å². The number of unbranched alkanes of at least 4 members (excludes halogenated alkanes) is 1. The van der Waals surface area contributed by atoms with E-state index in [0.29, 0.717) is 5.92 Å². The molecule has 134 valence electrons. The Kier molecular flexibility index (Phi) is 9.67. The summed E-state index contributed by atoms with van der Waals surface area (Å²) >= 11 is 0. The van der Waals surface area contributed by atoms with Crippen molar-refractivity contribution in [3.8, 4) is 0 Å². The topological polar surface area (TPSA) is 82.8 Å². The van der Waals surface area contributed by atoms with Crippen molar-refractivity contribution in [1.82, 2.24) is 15.5 Å². The highest BCUT2D eigenvalue weighted by atomic mass is 16.1. The van der Waals surface area contributed by atoms with Gasteiger partial charge in [-0.15, -0.1) is 0 Å². The summed E-state index contributed by atoms with van der Waals surface area (Å²) in [5, 5.41) is 6.70. The van der Waals surface area contributed by atoms with Crippen molar-refractivity contribution < 1.29 is 4.79 Å². The van der Waals surface area contributed by atoms with Crippen LogP contribution < -0.4 is 16.4 Å². The fourth-order valence-electron chi connectivity index (χ4n) is 2.81. The number of carbonyl (C=O) groups excluding carboxylic acids is 1. The van der Waals surface area contributed by atoms with E-state index in [2.05, 4.69) is 34.4 Å². The molecule has 0 aromatic rings. The van der Waals surface area contributed by atoms with E-state index in [0.717, 1.165) is 70.8 Å². The second kappa shape index (κ2) is 11.3. The lowest BCUT2D eigenvalue weighted by molar-refractivity contribution is -0.123. The van der Waals surface area contributed by atoms with Crippen LogP contribution in [0.5, 0.6) is 0 Å². The van der Waals surface area contributed by atoms with Crippen LogP contribution in [0.2, 0.25) is 0 Å². The Morgan fingerprint density at radius 2 is 1.87 bits per heavy atom. The number of aliphatic imine (C=N–C) groups is 1. The zero-order valence-electron chi connectivity index (χ0n) is 15.1. The maximum atomic E-state index is 11.1. The molecule has 1 fully saturated rings. The van der Waals surface area contributed by atoms with E-state index in [-0.39, 0.29) is 11.8 Å². The molecule has 0 aliphatic carbocycles. The minimum atomic E-state index is -0.134. The van der Waals surface area contributed by atoms with Crippen molar-refractivity contribution in [1.29, 1.82) is 0 Å². The number of nitrogens with one attached hydrogen (secondary N) is 2. The van der Waals surface area contributed by atoms with Crippen molar-refractivity contribution in [3.05, 3.63) is 0 Å². The molecular weight excluding hydrogens is 290 g/mol. The molecule has 0 atom stereocenters. The predicted octanol–water partition coefficient (Wildman–Crippen LogP) is 1.18. The zero-order valence-corrected chi connectivity index (χ0v) is 15.1. The molecule has 0 saturated carbocycles. The van der Waals surface area contributed by atoms with E-state index in [4.69, 9.17) is 5.73 Å². The monoisotopic (exact) mass is 325 g/mol. The molecule has 0 bridgehead atoms. The Hall–Kier alpha value is -1.30. The summed E-state index contributed by atoms with van der Waals surface area (Å²) in [6, 6.07) is 0. The molecule has 4 N–H and O–H groups in total. The molecule has 1 aliphatic heterocycles. The third-order valence-electron chi connectivity index (χ3n) is 4.42. The summed E-state index contributed by atoms with van der Waals surface area (Å²) in [4.78, 5) is 17.8. The molecule has 0 aromatic heterocycles. The highest BCUT2D eigenvalue weighted by Crippen LogP contribution is 2.16. The highest BCUT2D eigenvalue weighted by molar-refractivity contribution is 5.79. The van der Waals surface area contributed by atoms with Crippen LogP contribution in [-0.2, 0) is 4.79 Å². The van der Waals surface area contributed by atoms with Crippen LogP contribution in [-0.4, -0.2) is 56.5 Å². The van der Waals surface area contributed by atoms with Crippen LogP contribution in [0.25, 0.3) is 0 Å². The maximum Gasteiger partial charge on any atom is 0.220 e. The standard InChI is InChI=1S/C17H35N5O/c1-14(2)6-10-21-17(19-3)20-9-4-5-11-22-12-7-15(8-13-22)16(18)23/h14-15H,4-13H2,1-3H3,(H2,18,23)(H2,19,20,21). The van der Waals surface area contributed by atoms with E-state index in [1.54, 1.807) is 0 Å². The van der Waals surface area contributed by atoms with Crippen LogP contribution in [0.15, 0.2) is 4.99 Å². The lowest BCUT2D eigenvalue weighted by Gasteiger charge is -2.30. The van der Waals surface area contributed by atoms with Crippen LogP contribution in [0.1, 0.15) is 46.0 Å². The Morgan fingerprint density at radius 3 is 2.43 bits per heavy atom. The van der Waals surface area contributed by atoms with E-state index in [1.165, 1.54) is 0 Å². The fraction of sp³-hybridized carbons (Fsp3) is 0.882. The number of amides is 1. The van der Waals surface area contributed by atoms with Gasteiger partial charge >= 0.3 is 0 Å². The molecule has 6 nitrogen and oxygen atoms in total. The summed E-state index contributed by atoms with van der Waals surface area (Å²) in [5.74, 6) is 1.56. The van der Waals surface area contributed by atoms with Crippen LogP contribution >= 0.6 is 0 Å². The summed E-state index contributed by atoms with van der Waals surface area (Å²) in [7, 11) is 1.81. The van der Waals surface area contributed by atoms with Gasteiger partial charge in [0.2, 0.25) is 5.91 Å². The van der Waals surface area contributed by atoms with E-state index < -0.39 is 0 Å². The van der Waals surface area contributed by atoms with Crippen molar-refractivity contribution >= 4 is 11.9 Å². The fourth-order valence-corrected chi connectivity index (χ4v) is 2.81. The minimum absolute atomic E-state index is 0.0909. The van der Waals surface area contributed by atoms with E-state index in [9.17, 15) is 4.79 Å². The van der Waals surface area contributed by atoms with Gasteiger partial charge in [0.15, 0.2) is 5.96 Å². The van der Waals surface area contributed by atoms with Crippen molar-refractivity contribution in [3.63, 3.8) is 0 Å². The lowest BCUT2D eigenvalue weighted by Crippen LogP contribution is -2.40. The van der Waals surface area contributed by atoms with Gasteiger partial charge in [0.1, 0.15) is 0 Å². The molecular formula is C17H35N5O. The molecule has 0 spiro atoms.